The Kier molecular flexibility index (Phi) is 5.13. The Hall–Kier alpha value is -2.08. The van der Waals surface area contributed by atoms with Crippen molar-refractivity contribution in [2.45, 2.75) is 20.8 Å². The zero-order chi connectivity index (χ0) is 13.5. The van der Waals surface area contributed by atoms with Crippen LogP contribution < -0.4 is 0 Å². The first-order valence-electron chi connectivity index (χ1n) is 6.11. The predicted octanol–water partition coefficient (Wildman–Crippen LogP) is 3.01. The van der Waals surface area contributed by atoms with Crippen LogP contribution in [0.4, 0.5) is 0 Å². The minimum Gasteiger partial charge on any atom is -0.363 e. The molecule has 1 aromatic rings. The number of hydrogen-bond acceptors (Lipinski definition) is 3. The van der Waals surface area contributed by atoms with Gasteiger partial charge in [-0.15, -0.1) is 0 Å². The van der Waals surface area contributed by atoms with Gasteiger partial charge in [0.15, 0.2) is 5.78 Å². The summed E-state index contributed by atoms with van der Waals surface area (Å²) in [6.07, 6.45) is 0. The molecule has 0 radical (unpaired) electrons. The molecule has 0 N–H and O–H groups in total. The number of hydrogen-bond donors (Lipinski definition) is 0. The van der Waals surface area contributed by atoms with Gasteiger partial charge in [-0.1, -0.05) is 30.3 Å². The number of nitrogens with zero attached hydrogens (tertiary/aromatic N) is 2. The maximum atomic E-state index is 12.2. The molecule has 0 atom stereocenters. The van der Waals surface area contributed by atoms with Gasteiger partial charge in [-0.2, -0.15) is 5.26 Å². The summed E-state index contributed by atoms with van der Waals surface area (Å²) in [5.74, 6) is -0.0842. The van der Waals surface area contributed by atoms with Gasteiger partial charge < -0.3 is 4.90 Å². The van der Waals surface area contributed by atoms with Gasteiger partial charge in [0.2, 0.25) is 0 Å². The standard InChI is InChI=1S/C15H18N2O/c1-4-17(5-2)14(11-16)12(3)15(18)13-9-7-6-8-10-13/h6-10H,4-5H2,1-3H3/b14-12+. The first kappa shape index (κ1) is 14.0. The van der Waals surface area contributed by atoms with E-state index in [2.05, 4.69) is 6.07 Å². The molecular weight excluding hydrogens is 224 g/mol. The van der Waals surface area contributed by atoms with E-state index in [1.54, 1.807) is 19.1 Å². The highest BCUT2D eigenvalue weighted by atomic mass is 16.1. The lowest BCUT2D eigenvalue weighted by Crippen LogP contribution is -2.24. The highest BCUT2D eigenvalue weighted by Gasteiger charge is 2.16. The van der Waals surface area contributed by atoms with Gasteiger partial charge in [-0.25, -0.2) is 0 Å². The van der Waals surface area contributed by atoms with Crippen molar-refractivity contribution in [3.63, 3.8) is 0 Å². The second kappa shape index (κ2) is 6.61. The van der Waals surface area contributed by atoms with Crippen molar-refractivity contribution in [2.24, 2.45) is 0 Å². The largest absolute Gasteiger partial charge is 0.363 e. The third-order valence-corrected chi connectivity index (χ3v) is 2.92. The van der Waals surface area contributed by atoms with Crippen molar-refractivity contribution in [3.8, 4) is 6.07 Å². The van der Waals surface area contributed by atoms with E-state index >= 15 is 0 Å². The van der Waals surface area contributed by atoms with Crippen LogP contribution in [-0.2, 0) is 0 Å². The molecule has 0 saturated heterocycles. The molecule has 0 aromatic heterocycles. The molecule has 0 spiro atoms. The van der Waals surface area contributed by atoms with Crippen molar-refractivity contribution < 1.29 is 4.79 Å². The Bertz CT molecular complexity index is 479. The van der Waals surface area contributed by atoms with Crippen LogP contribution in [0.1, 0.15) is 31.1 Å². The molecule has 1 rings (SSSR count). The summed E-state index contributed by atoms with van der Waals surface area (Å²) in [7, 11) is 0. The third kappa shape index (κ3) is 2.98. The molecule has 0 bridgehead atoms. The molecule has 0 heterocycles. The van der Waals surface area contributed by atoms with Crippen LogP contribution in [0.3, 0.4) is 0 Å². The molecule has 0 saturated carbocycles. The lowest BCUT2D eigenvalue weighted by Gasteiger charge is -2.21. The summed E-state index contributed by atoms with van der Waals surface area (Å²) in [4.78, 5) is 14.1. The number of benzene rings is 1. The van der Waals surface area contributed by atoms with E-state index < -0.39 is 0 Å². The lowest BCUT2D eigenvalue weighted by atomic mass is 10.0. The number of ketones is 1. The Labute approximate surface area is 108 Å². The monoisotopic (exact) mass is 242 g/mol. The average molecular weight is 242 g/mol. The first-order chi connectivity index (χ1) is 8.65. The van der Waals surface area contributed by atoms with Gasteiger partial charge in [0.25, 0.3) is 0 Å². The zero-order valence-electron chi connectivity index (χ0n) is 11.1. The summed E-state index contributed by atoms with van der Waals surface area (Å²) < 4.78 is 0. The van der Waals surface area contributed by atoms with Crippen LogP contribution in [0.25, 0.3) is 0 Å². The second-order valence-electron chi connectivity index (χ2n) is 3.95. The molecule has 0 amide bonds. The molecule has 0 aliphatic rings. The summed E-state index contributed by atoms with van der Waals surface area (Å²) >= 11 is 0. The number of carbonyl (C=O) groups is 1. The number of allylic oxidation sites excluding steroid dienone is 2. The predicted molar refractivity (Wildman–Crippen MR) is 72.0 cm³/mol. The molecule has 0 unspecified atom stereocenters. The first-order valence-corrected chi connectivity index (χ1v) is 6.11. The minimum atomic E-state index is -0.0842. The zero-order valence-corrected chi connectivity index (χ0v) is 11.1. The van der Waals surface area contributed by atoms with Crippen LogP contribution in [0, 0.1) is 11.3 Å². The minimum absolute atomic E-state index is 0.0842. The number of rotatable bonds is 5. The van der Waals surface area contributed by atoms with Gasteiger partial charge in [0.05, 0.1) is 0 Å². The van der Waals surface area contributed by atoms with Crippen molar-refractivity contribution in [1.29, 1.82) is 5.26 Å². The maximum absolute atomic E-state index is 12.2. The summed E-state index contributed by atoms with van der Waals surface area (Å²) in [5.41, 5.74) is 1.59. The number of carbonyl (C=O) groups excluding carboxylic acids is 1. The van der Waals surface area contributed by atoms with Gasteiger partial charge in [0.1, 0.15) is 11.8 Å². The Morgan fingerprint density at radius 3 is 2.22 bits per heavy atom. The highest BCUT2D eigenvalue weighted by Crippen LogP contribution is 2.15. The molecule has 1 aromatic carbocycles. The van der Waals surface area contributed by atoms with Gasteiger partial charge >= 0.3 is 0 Å². The number of nitriles is 1. The normalized spacial score (nSPS) is 11.4. The third-order valence-electron chi connectivity index (χ3n) is 2.92. The van der Waals surface area contributed by atoms with Crippen LogP contribution in [0.15, 0.2) is 41.6 Å². The molecule has 0 fully saturated rings. The van der Waals surface area contributed by atoms with Gasteiger partial charge in [-0.05, 0) is 20.8 Å². The van der Waals surface area contributed by atoms with E-state index in [0.29, 0.717) is 16.8 Å². The smallest absolute Gasteiger partial charge is 0.191 e. The fourth-order valence-corrected chi connectivity index (χ4v) is 1.85. The maximum Gasteiger partial charge on any atom is 0.191 e. The van der Waals surface area contributed by atoms with Crippen molar-refractivity contribution in [3.05, 3.63) is 47.2 Å². The Balaban J connectivity index is 3.14. The van der Waals surface area contributed by atoms with E-state index in [4.69, 9.17) is 0 Å². The highest BCUT2D eigenvalue weighted by molar-refractivity contribution is 6.09. The SMILES string of the molecule is CCN(CC)/C(C#N)=C(\C)C(=O)c1ccccc1. The Morgan fingerprint density at radius 1 is 1.22 bits per heavy atom. The van der Waals surface area contributed by atoms with E-state index in [0.717, 1.165) is 13.1 Å². The quantitative estimate of drug-likeness (QED) is 0.453. The molecule has 94 valence electrons. The van der Waals surface area contributed by atoms with Crippen molar-refractivity contribution >= 4 is 5.78 Å². The van der Waals surface area contributed by atoms with E-state index in [1.807, 2.05) is 36.9 Å². The van der Waals surface area contributed by atoms with E-state index in [1.165, 1.54) is 0 Å². The van der Waals surface area contributed by atoms with E-state index in [-0.39, 0.29) is 5.78 Å². The molecular formula is C15H18N2O. The van der Waals surface area contributed by atoms with Crippen LogP contribution in [0.2, 0.25) is 0 Å². The van der Waals surface area contributed by atoms with Gasteiger partial charge in [-0.3, -0.25) is 4.79 Å². The molecule has 0 aliphatic carbocycles. The number of Topliss-reactive ketones (excluding diaryl/α,β-unsaturated/α-hetero) is 1. The fourth-order valence-electron chi connectivity index (χ4n) is 1.85. The lowest BCUT2D eigenvalue weighted by molar-refractivity contribution is 0.103. The summed E-state index contributed by atoms with van der Waals surface area (Å²) in [6.45, 7) is 7.10. The summed E-state index contributed by atoms with van der Waals surface area (Å²) in [5, 5.41) is 9.22. The van der Waals surface area contributed by atoms with E-state index in [9.17, 15) is 10.1 Å². The topological polar surface area (TPSA) is 44.1 Å². The molecule has 3 heteroatoms. The Morgan fingerprint density at radius 2 is 1.78 bits per heavy atom. The molecule has 0 aliphatic heterocycles. The molecule has 18 heavy (non-hydrogen) atoms. The fraction of sp³-hybridized carbons (Fsp3) is 0.333. The summed E-state index contributed by atoms with van der Waals surface area (Å²) in [6, 6.07) is 11.2. The van der Waals surface area contributed by atoms with Crippen LogP contribution in [0.5, 0.6) is 0 Å². The van der Waals surface area contributed by atoms with Crippen molar-refractivity contribution in [2.75, 3.05) is 13.1 Å². The van der Waals surface area contributed by atoms with Gasteiger partial charge in [0, 0.05) is 24.2 Å². The average Bonchev–Trinajstić information content (AvgIpc) is 2.44. The van der Waals surface area contributed by atoms with Crippen LogP contribution in [-0.4, -0.2) is 23.8 Å². The van der Waals surface area contributed by atoms with Crippen molar-refractivity contribution in [1.82, 2.24) is 4.90 Å². The second-order valence-corrected chi connectivity index (χ2v) is 3.95. The van der Waals surface area contributed by atoms with Crippen LogP contribution >= 0.6 is 0 Å². The molecule has 3 nitrogen and oxygen atoms in total.